The molecule has 1 aromatic heterocycles. The Labute approximate surface area is 202 Å². The van der Waals surface area contributed by atoms with Crippen molar-refractivity contribution in [3.05, 3.63) is 47.0 Å². The van der Waals surface area contributed by atoms with E-state index < -0.39 is 0 Å². The molecular formula is C23H35IN6O. The second-order valence-electron chi connectivity index (χ2n) is 8.46. The molecule has 1 saturated heterocycles. The number of benzene rings is 1. The van der Waals surface area contributed by atoms with Crippen molar-refractivity contribution in [3.8, 4) is 0 Å². The third-order valence-electron chi connectivity index (χ3n) is 5.98. The molecule has 1 aromatic carbocycles. The molecule has 0 radical (unpaired) electrons. The first kappa shape index (κ1) is 24.0. The highest BCUT2D eigenvalue weighted by molar-refractivity contribution is 14.0. The first-order valence-electron chi connectivity index (χ1n) is 11.3. The fourth-order valence-corrected chi connectivity index (χ4v) is 4.43. The van der Waals surface area contributed by atoms with Crippen LogP contribution in [0, 0.1) is 19.8 Å². The molecule has 0 amide bonds. The summed E-state index contributed by atoms with van der Waals surface area (Å²) in [4.78, 5) is 9.46. The molecule has 2 N–H and O–H groups in total. The Bertz CT molecular complexity index is 865. The second-order valence-corrected chi connectivity index (χ2v) is 8.46. The second kappa shape index (κ2) is 11.3. The Balaban J connectivity index is 0.00000272. The van der Waals surface area contributed by atoms with Crippen LogP contribution in [-0.4, -0.2) is 46.5 Å². The van der Waals surface area contributed by atoms with Crippen LogP contribution in [0.4, 0.5) is 0 Å². The Hall–Kier alpha value is -1.68. The molecule has 31 heavy (non-hydrogen) atoms. The molecule has 8 heteroatoms. The number of ether oxygens (including phenoxy) is 1. The quantitative estimate of drug-likeness (QED) is 0.346. The Kier molecular flexibility index (Phi) is 8.71. The van der Waals surface area contributed by atoms with Crippen molar-refractivity contribution in [1.29, 1.82) is 0 Å². The van der Waals surface area contributed by atoms with Crippen LogP contribution < -0.4 is 10.6 Å². The van der Waals surface area contributed by atoms with Gasteiger partial charge in [0.25, 0.3) is 0 Å². The van der Waals surface area contributed by atoms with E-state index in [4.69, 9.17) is 9.73 Å². The van der Waals surface area contributed by atoms with Gasteiger partial charge in [0.2, 0.25) is 0 Å². The van der Waals surface area contributed by atoms with Crippen molar-refractivity contribution in [2.24, 2.45) is 10.9 Å². The molecule has 0 spiro atoms. The van der Waals surface area contributed by atoms with E-state index in [1.165, 1.54) is 11.1 Å². The van der Waals surface area contributed by atoms with Crippen LogP contribution in [0.25, 0.3) is 0 Å². The molecule has 2 aromatic rings. The average Bonchev–Trinajstić information content (AvgIpc) is 3.12. The fraction of sp³-hybridized carbons (Fsp3) is 0.609. The molecule has 0 aliphatic carbocycles. The van der Waals surface area contributed by atoms with E-state index in [1.54, 1.807) is 0 Å². The summed E-state index contributed by atoms with van der Waals surface area (Å²) in [6.45, 7) is 9.45. The molecule has 7 nitrogen and oxygen atoms in total. The van der Waals surface area contributed by atoms with Gasteiger partial charge >= 0.3 is 0 Å². The Morgan fingerprint density at radius 2 is 2.03 bits per heavy atom. The van der Waals surface area contributed by atoms with Crippen LogP contribution in [-0.2, 0) is 17.7 Å². The smallest absolute Gasteiger partial charge is 0.191 e. The van der Waals surface area contributed by atoms with Crippen molar-refractivity contribution in [1.82, 2.24) is 25.4 Å². The summed E-state index contributed by atoms with van der Waals surface area (Å²) in [5.74, 6) is 3.22. The number of aryl methyl sites for hydroxylation is 3. The SMILES string of the molecule is CCNC(=NCC1CCCOC1c1ccc(C)cc1)NC1CCc2nc(C)nn2C1.I. The first-order chi connectivity index (χ1) is 14.6. The van der Waals surface area contributed by atoms with Crippen molar-refractivity contribution in [2.45, 2.75) is 65.1 Å². The standard InChI is InChI=1S/C23H34N6O.HI/c1-4-24-23(27-20-11-12-21-26-17(3)28-29(21)15-20)25-14-19-6-5-13-30-22(19)18-9-7-16(2)8-10-18;/h7-10,19-20,22H,4-6,11-15H2,1-3H3,(H2,24,25,27);1H. The minimum absolute atomic E-state index is 0. The highest BCUT2D eigenvalue weighted by Gasteiger charge is 2.28. The highest BCUT2D eigenvalue weighted by Crippen LogP contribution is 2.34. The van der Waals surface area contributed by atoms with Gasteiger partial charge in [0.1, 0.15) is 11.6 Å². The number of rotatable bonds is 5. The maximum Gasteiger partial charge on any atom is 0.191 e. The summed E-state index contributed by atoms with van der Waals surface area (Å²) < 4.78 is 8.20. The van der Waals surface area contributed by atoms with Crippen LogP contribution in [0.5, 0.6) is 0 Å². The molecule has 0 bridgehead atoms. The van der Waals surface area contributed by atoms with Gasteiger partial charge in [-0.15, -0.1) is 24.0 Å². The predicted octanol–water partition coefficient (Wildman–Crippen LogP) is 3.55. The molecule has 4 rings (SSSR count). The largest absolute Gasteiger partial charge is 0.373 e. The number of hydrogen-bond acceptors (Lipinski definition) is 4. The number of aliphatic imine (C=N–C) groups is 1. The molecule has 170 valence electrons. The third kappa shape index (κ3) is 6.19. The van der Waals surface area contributed by atoms with E-state index in [2.05, 4.69) is 58.8 Å². The lowest BCUT2D eigenvalue weighted by molar-refractivity contribution is -0.0250. The van der Waals surface area contributed by atoms with Gasteiger partial charge in [-0.3, -0.25) is 4.99 Å². The molecule has 0 saturated carbocycles. The van der Waals surface area contributed by atoms with Gasteiger partial charge in [-0.05, 0) is 45.6 Å². The third-order valence-corrected chi connectivity index (χ3v) is 5.98. The molecular weight excluding hydrogens is 503 g/mol. The normalized spacial score (nSPS) is 23.6. The zero-order valence-corrected chi connectivity index (χ0v) is 21.1. The zero-order chi connectivity index (χ0) is 20.9. The minimum atomic E-state index is 0. The zero-order valence-electron chi connectivity index (χ0n) is 18.8. The van der Waals surface area contributed by atoms with Crippen LogP contribution in [0.3, 0.4) is 0 Å². The van der Waals surface area contributed by atoms with Gasteiger partial charge in [0, 0.05) is 38.1 Å². The molecule has 3 heterocycles. The Morgan fingerprint density at radius 3 is 2.81 bits per heavy atom. The van der Waals surface area contributed by atoms with E-state index >= 15 is 0 Å². The van der Waals surface area contributed by atoms with Gasteiger partial charge < -0.3 is 15.4 Å². The summed E-state index contributed by atoms with van der Waals surface area (Å²) >= 11 is 0. The molecule has 3 atom stereocenters. The number of guanidine groups is 1. The number of aromatic nitrogens is 3. The van der Waals surface area contributed by atoms with Gasteiger partial charge in [0.15, 0.2) is 5.96 Å². The van der Waals surface area contributed by atoms with E-state index in [1.807, 2.05) is 11.6 Å². The summed E-state index contributed by atoms with van der Waals surface area (Å²) in [5.41, 5.74) is 2.54. The molecule has 1 fully saturated rings. The number of fused-ring (bicyclic) bond motifs is 1. The van der Waals surface area contributed by atoms with Crippen molar-refractivity contribution >= 4 is 29.9 Å². The van der Waals surface area contributed by atoms with E-state index in [0.29, 0.717) is 12.0 Å². The average molecular weight is 538 g/mol. The lowest BCUT2D eigenvalue weighted by Crippen LogP contribution is -2.47. The summed E-state index contributed by atoms with van der Waals surface area (Å²) in [5, 5.41) is 11.5. The number of hydrogen-bond donors (Lipinski definition) is 2. The summed E-state index contributed by atoms with van der Waals surface area (Å²) in [6, 6.07) is 9.05. The molecule has 2 aliphatic rings. The number of nitrogens with one attached hydrogen (secondary N) is 2. The van der Waals surface area contributed by atoms with Crippen LogP contribution in [0.15, 0.2) is 29.3 Å². The molecule has 3 unspecified atom stereocenters. The van der Waals surface area contributed by atoms with E-state index in [9.17, 15) is 0 Å². The highest BCUT2D eigenvalue weighted by atomic mass is 127. The minimum Gasteiger partial charge on any atom is -0.373 e. The monoisotopic (exact) mass is 538 g/mol. The predicted molar refractivity (Wildman–Crippen MR) is 134 cm³/mol. The lowest BCUT2D eigenvalue weighted by Gasteiger charge is -2.31. The van der Waals surface area contributed by atoms with Gasteiger partial charge in [0.05, 0.1) is 12.6 Å². The van der Waals surface area contributed by atoms with Crippen molar-refractivity contribution < 1.29 is 4.74 Å². The lowest BCUT2D eigenvalue weighted by atomic mass is 9.89. The van der Waals surface area contributed by atoms with Crippen LogP contribution in [0.1, 0.15) is 55.1 Å². The topological polar surface area (TPSA) is 76.4 Å². The summed E-state index contributed by atoms with van der Waals surface area (Å²) in [6.07, 6.45) is 4.36. The van der Waals surface area contributed by atoms with E-state index in [-0.39, 0.29) is 30.1 Å². The summed E-state index contributed by atoms with van der Waals surface area (Å²) in [7, 11) is 0. The van der Waals surface area contributed by atoms with Crippen LogP contribution >= 0.6 is 24.0 Å². The van der Waals surface area contributed by atoms with Gasteiger partial charge in [-0.25, -0.2) is 9.67 Å². The number of nitrogens with zero attached hydrogens (tertiary/aromatic N) is 4. The fourth-order valence-electron chi connectivity index (χ4n) is 4.43. The first-order valence-corrected chi connectivity index (χ1v) is 11.3. The van der Waals surface area contributed by atoms with Crippen LogP contribution in [0.2, 0.25) is 0 Å². The maximum absolute atomic E-state index is 6.17. The van der Waals surface area contributed by atoms with Gasteiger partial charge in [-0.2, -0.15) is 5.10 Å². The van der Waals surface area contributed by atoms with Crippen molar-refractivity contribution in [2.75, 3.05) is 19.7 Å². The molecule has 2 aliphatic heterocycles. The maximum atomic E-state index is 6.17. The van der Waals surface area contributed by atoms with Crippen molar-refractivity contribution in [3.63, 3.8) is 0 Å². The number of halogens is 1. The van der Waals surface area contributed by atoms with Gasteiger partial charge in [-0.1, -0.05) is 29.8 Å². The Morgan fingerprint density at radius 1 is 1.23 bits per heavy atom. The van der Waals surface area contributed by atoms with E-state index in [0.717, 1.165) is 69.5 Å².